The first-order valence-corrected chi connectivity index (χ1v) is 4.49. The summed E-state index contributed by atoms with van der Waals surface area (Å²) in [4.78, 5) is 0. The molecule has 0 bridgehead atoms. The molecule has 0 aromatic heterocycles. The highest BCUT2D eigenvalue weighted by Crippen LogP contribution is 2.14. The standard InChI is InChI=1S/C10H10ClF2N.ClH/c11-8(1-2-14)3-7-4-9(12)6-10(13)5-7;/h1,4-6H,2-3,14H2;1H. The summed E-state index contributed by atoms with van der Waals surface area (Å²) in [7, 11) is 0. The van der Waals surface area contributed by atoms with E-state index in [0.717, 1.165) is 6.07 Å². The summed E-state index contributed by atoms with van der Waals surface area (Å²) in [6.07, 6.45) is 1.90. The molecule has 0 aliphatic carbocycles. The largest absolute Gasteiger partial charge is 0.327 e. The zero-order valence-corrected chi connectivity index (χ0v) is 9.42. The predicted octanol–water partition coefficient (Wildman–Crippen LogP) is 3.01. The number of hydrogen-bond donors (Lipinski definition) is 1. The molecule has 0 atom stereocenters. The normalized spacial score (nSPS) is 11.1. The third-order valence-corrected chi connectivity index (χ3v) is 1.92. The molecule has 2 N–H and O–H groups in total. The summed E-state index contributed by atoms with van der Waals surface area (Å²) < 4.78 is 25.5. The molecule has 0 aliphatic heterocycles. The highest BCUT2D eigenvalue weighted by Gasteiger charge is 2.01. The van der Waals surface area contributed by atoms with Crippen LogP contribution in [0, 0.1) is 11.6 Å². The average molecular weight is 254 g/mol. The van der Waals surface area contributed by atoms with Gasteiger partial charge in [0.05, 0.1) is 0 Å². The lowest BCUT2D eigenvalue weighted by Crippen LogP contribution is -1.96. The molecular weight excluding hydrogens is 243 g/mol. The highest BCUT2D eigenvalue weighted by atomic mass is 35.5. The maximum Gasteiger partial charge on any atom is 0.126 e. The minimum atomic E-state index is -0.600. The second kappa shape index (κ2) is 6.77. The first-order valence-electron chi connectivity index (χ1n) is 4.11. The van der Waals surface area contributed by atoms with Crippen LogP contribution in [0.1, 0.15) is 5.56 Å². The first kappa shape index (κ1) is 14.4. The molecule has 0 amide bonds. The lowest BCUT2D eigenvalue weighted by atomic mass is 10.1. The minimum Gasteiger partial charge on any atom is -0.327 e. The Kier molecular flexibility index (Phi) is 6.48. The second-order valence-electron chi connectivity index (χ2n) is 2.84. The van der Waals surface area contributed by atoms with Gasteiger partial charge in [-0.3, -0.25) is 0 Å². The van der Waals surface area contributed by atoms with Crippen LogP contribution in [0.3, 0.4) is 0 Å². The van der Waals surface area contributed by atoms with E-state index in [4.69, 9.17) is 17.3 Å². The Morgan fingerprint density at radius 3 is 2.27 bits per heavy atom. The van der Waals surface area contributed by atoms with E-state index in [9.17, 15) is 8.78 Å². The van der Waals surface area contributed by atoms with Crippen LogP contribution in [0.15, 0.2) is 29.3 Å². The number of allylic oxidation sites excluding steroid dienone is 1. The topological polar surface area (TPSA) is 26.0 Å². The van der Waals surface area contributed by atoms with Crippen LogP contribution in [0.25, 0.3) is 0 Å². The average Bonchev–Trinajstić information content (AvgIpc) is 2.01. The molecule has 84 valence electrons. The molecule has 1 aromatic rings. The molecule has 5 heteroatoms. The Labute approximate surface area is 98.3 Å². The van der Waals surface area contributed by atoms with Crippen molar-refractivity contribution < 1.29 is 8.78 Å². The molecule has 0 fully saturated rings. The summed E-state index contributed by atoms with van der Waals surface area (Å²) in [6, 6.07) is 3.32. The number of nitrogens with two attached hydrogens (primary N) is 1. The van der Waals surface area contributed by atoms with Crippen molar-refractivity contribution >= 4 is 24.0 Å². The van der Waals surface area contributed by atoms with Crippen LogP contribution in [-0.2, 0) is 6.42 Å². The van der Waals surface area contributed by atoms with E-state index in [-0.39, 0.29) is 12.4 Å². The molecule has 0 saturated carbocycles. The van der Waals surface area contributed by atoms with E-state index in [1.807, 2.05) is 0 Å². The number of hydrogen-bond acceptors (Lipinski definition) is 1. The van der Waals surface area contributed by atoms with E-state index in [0.29, 0.717) is 23.6 Å². The number of halogens is 4. The van der Waals surface area contributed by atoms with Gasteiger partial charge in [0.25, 0.3) is 0 Å². The molecular formula is C10H11Cl2F2N. The van der Waals surface area contributed by atoms with E-state index in [1.165, 1.54) is 12.1 Å². The third kappa shape index (κ3) is 5.11. The van der Waals surface area contributed by atoms with E-state index in [1.54, 1.807) is 6.08 Å². The van der Waals surface area contributed by atoms with Crippen molar-refractivity contribution in [3.63, 3.8) is 0 Å². The Morgan fingerprint density at radius 2 is 1.80 bits per heavy atom. The minimum absolute atomic E-state index is 0. The Morgan fingerprint density at radius 1 is 1.27 bits per heavy atom. The van der Waals surface area contributed by atoms with Crippen molar-refractivity contribution in [1.29, 1.82) is 0 Å². The smallest absolute Gasteiger partial charge is 0.126 e. The first-order chi connectivity index (χ1) is 6.61. The van der Waals surface area contributed by atoms with Gasteiger partial charge < -0.3 is 5.73 Å². The molecule has 1 rings (SSSR count). The molecule has 0 aliphatic rings. The van der Waals surface area contributed by atoms with Gasteiger partial charge in [-0.05, 0) is 17.7 Å². The van der Waals surface area contributed by atoms with Gasteiger partial charge in [0.15, 0.2) is 0 Å². The van der Waals surface area contributed by atoms with Gasteiger partial charge in [-0.2, -0.15) is 0 Å². The van der Waals surface area contributed by atoms with Gasteiger partial charge in [-0.1, -0.05) is 17.7 Å². The summed E-state index contributed by atoms with van der Waals surface area (Å²) >= 11 is 5.76. The fourth-order valence-electron chi connectivity index (χ4n) is 1.11. The highest BCUT2D eigenvalue weighted by molar-refractivity contribution is 6.29. The summed E-state index contributed by atoms with van der Waals surface area (Å²) in [5.41, 5.74) is 5.73. The Hall–Kier alpha value is -0.640. The fraction of sp³-hybridized carbons (Fsp3) is 0.200. The third-order valence-electron chi connectivity index (χ3n) is 1.63. The zero-order chi connectivity index (χ0) is 10.6. The van der Waals surface area contributed by atoms with Gasteiger partial charge in [-0.25, -0.2) is 8.78 Å². The second-order valence-corrected chi connectivity index (χ2v) is 3.33. The Balaban J connectivity index is 0.00000196. The van der Waals surface area contributed by atoms with Crippen molar-refractivity contribution in [2.45, 2.75) is 6.42 Å². The van der Waals surface area contributed by atoms with Gasteiger partial charge in [0, 0.05) is 24.1 Å². The predicted molar refractivity (Wildman–Crippen MR) is 60.3 cm³/mol. The maximum atomic E-state index is 12.7. The Bertz CT molecular complexity index is 333. The van der Waals surface area contributed by atoms with Gasteiger partial charge in [0.2, 0.25) is 0 Å². The van der Waals surface area contributed by atoms with Gasteiger partial charge in [-0.15, -0.1) is 12.4 Å². The van der Waals surface area contributed by atoms with Gasteiger partial charge >= 0.3 is 0 Å². The van der Waals surface area contributed by atoms with Crippen LogP contribution in [0.5, 0.6) is 0 Å². The van der Waals surface area contributed by atoms with Crippen molar-refractivity contribution in [3.05, 3.63) is 46.5 Å². The molecule has 15 heavy (non-hydrogen) atoms. The van der Waals surface area contributed by atoms with Crippen molar-refractivity contribution in [2.75, 3.05) is 6.54 Å². The molecule has 0 heterocycles. The fourth-order valence-corrected chi connectivity index (χ4v) is 1.35. The van der Waals surface area contributed by atoms with E-state index >= 15 is 0 Å². The van der Waals surface area contributed by atoms with Crippen molar-refractivity contribution in [3.8, 4) is 0 Å². The summed E-state index contributed by atoms with van der Waals surface area (Å²) in [6.45, 7) is 0.316. The summed E-state index contributed by atoms with van der Waals surface area (Å²) in [5.74, 6) is -1.20. The van der Waals surface area contributed by atoms with Crippen molar-refractivity contribution in [1.82, 2.24) is 0 Å². The molecule has 1 nitrogen and oxygen atoms in total. The maximum absolute atomic E-state index is 12.7. The van der Waals surface area contributed by atoms with E-state index < -0.39 is 11.6 Å². The van der Waals surface area contributed by atoms with Crippen LogP contribution in [0.4, 0.5) is 8.78 Å². The summed E-state index contributed by atoms with van der Waals surface area (Å²) in [5, 5.41) is 0.484. The molecule has 0 unspecified atom stereocenters. The van der Waals surface area contributed by atoms with Crippen LogP contribution >= 0.6 is 24.0 Å². The number of benzene rings is 1. The molecule has 0 saturated heterocycles. The van der Waals surface area contributed by atoms with Crippen LogP contribution in [-0.4, -0.2) is 6.54 Å². The molecule has 0 radical (unpaired) electrons. The van der Waals surface area contributed by atoms with Gasteiger partial charge in [0.1, 0.15) is 11.6 Å². The lowest BCUT2D eigenvalue weighted by molar-refractivity contribution is 0.580. The number of rotatable bonds is 3. The quantitative estimate of drug-likeness (QED) is 0.881. The zero-order valence-electron chi connectivity index (χ0n) is 7.84. The lowest BCUT2D eigenvalue weighted by Gasteiger charge is -2.00. The monoisotopic (exact) mass is 253 g/mol. The van der Waals surface area contributed by atoms with Crippen molar-refractivity contribution in [2.24, 2.45) is 5.73 Å². The molecule has 0 spiro atoms. The SMILES string of the molecule is Cl.NCC=C(Cl)Cc1cc(F)cc(F)c1. The van der Waals surface area contributed by atoms with E-state index in [2.05, 4.69) is 0 Å². The molecule has 1 aromatic carbocycles. The van der Waals surface area contributed by atoms with Crippen LogP contribution in [0.2, 0.25) is 0 Å². The van der Waals surface area contributed by atoms with Crippen LogP contribution < -0.4 is 5.73 Å².